The Balaban J connectivity index is 2.37. The van der Waals surface area contributed by atoms with Crippen LogP contribution in [0.4, 0.5) is 0 Å². The van der Waals surface area contributed by atoms with Crippen LogP contribution in [0.2, 0.25) is 0 Å². The van der Waals surface area contributed by atoms with Crippen LogP contribution in [0.25, 0.3) is 0 Å². The van der Waals surface area contributed by atoms with E-state index in [1.807, 2.05) is 12.2 Å². The van der Waals surface area contributed by atoms with Crippen molar-refractivity contribution in [1.82, 2.24) is 0 Å². The van der Waals surface area contributed by atoms with Crippen molar-refractivity contribution in [3.05, 3.63) is 36.5 Å². The van der Waals surface area contributed by atoms with Crippen LogP contribution in [-0.2, 0) is 32.7 Å². The molecule has 14 heteroatoms. The second-order valence-corrected chi connectivity index (χ2v) is 20.9. The lowest BCUT2D eigenvalue weighted by atomic mass is 9.85. The molecular weight excluding hydrogens is 900 g/mol. The molecule has 0 bridgehead atoms. The molecule has 0 amide bonds. The largest absolute Gasteiger partial charge is 0.472 e. The van der Waals surface area contributed by atoms with Crippen molar-refractivity contribution >= 4 is 19.8 Å². The van der Waals surface area contributed by atoms with Gasteiger partial charge in [0.05, 0.1) is 6.61 Å². The van der Waals surface area contributed by atoms with Gasteiger partial charge in [-0.1, -0.05) is 224 Å². The number of esters is 2. The molecule has 8 atom stereocenters. The molecule has 0 aromatic carbocycles. The number of carbonyl (C=O) groups excluding carboxylic acids is 2. The molecule has 1 aliphatic carbocycles. The zero-order valence-corrected chi connectivity index (χ0v) is 44.3. The summed E-state index contributed by atoms with van der Waals surface area (Å²) in [7, 11) is -5.13. The van der Waals surface area contributed by atoms with Gasteiger partial charge in [0.25, 0.3) is 0 Å². The number of unbranched alkanes of at least 4 members (excludes halogenated alkanes) is 29. The normalized spacial score (nSPS) is 21.1. The number of allylic oxidation sites excluding steroid dienone is 6. The minimum absolute atomic E-state index is 0.0902. The Morgan fingerprint density at radius 3 is 1.23 bits per heavy atom. The van der Waals surface area contributed by atoms with Gasteiger partial charge >= 0.3 is 19.8 Å². The zero-order valence-electron chi connectivity index (χ0n) is 43.4. The SMILES string of the molecule is CCCCCCCC/C=C/C/C=C/C/C=C/CCCC(=O)OC[C@H](COP(=O)(O)OC1C(O)C(O)C(O)[C@@H](O)C1O)OC(=O)CCCCCCCCCCCCCCCCCCCCCCCCC. The minimum atomic E-state index is -5.13. The van der Waals surface area contributed by atoms with E-state index >= 15 is 0 Å². The van der Waals surface area contributed by atoms with Crippen molar-refractivity contribution < 1.29 is 63.1 Å². The standard InChI is InChI=1S/C55H101O13P/c1-3-5-7-9-11-13-15-17-19-21-22-23-24-25-26-28-30-32-34-36-38-40-42-44-49(57)67-47(46-66-69(63,64)68-55-53(61)51(59)50(58)52(60)54(55)62)45-65-48(56)43-41-39-37-35-33-31-29-27-20-18-16-14-12-10-8-6-4-2/h18,20,29,31,35,37,47,50-55,58-62H,3-17,19,21-28,30,32-34,36,38-46H2,1-2H3,(H,63,64)/b20-18+,31-29+,37-35+/t47-,50?,51-,52?,53?,54?,55?/m1/s1. The summed E-state index contributed by atoms with van der Waals surface area (Å²) >= 11 is 0. The Kier molecular flexibility index (Phi) is 42.2. The third-order valence-electron chi connectivity index (χ3n) is 13.0. The summed E-state index contributed by atoms with van der Waals surface area (Å²) in [5.41, 5.74) is 0. The highest BCUT2D eigenvalue weighted by atomic mass is 31.2. The number of hydrogen-bond acceptors (Lipinski definition) is 12. The van der Waals surface area contributed by atoms with Crippen LogP contribution in [-0.4, -0.2) is 98.3 Å². The van der Waals surface area contributed by atoms with E-state index in [1.165, 1.54) is 154 Å². The van der Waals surface area contributed by atoms with E-state index in [4.69, 9.17) is 18.5 Å². The van der Waals surface area contributed by atoms with Gasteiger partial charge in [-0.25, -0.2) is 4.57 Å². The third kappa shape index (κ3) is 36.6. The van der Waals surface area contributed by atoms with Crippen molar-refractivity contribution in [2.75, 3.05) is 13.2 Å². The zero-order chi connectivity index (χ0) is 50.6. The van der Waals surface area contributed by atoms with Gasteiger partial charge in [-0.3, -0.25) is 18.6 Å². The summed E-state index contributed by atoms with van der Waals surface area (Å²) in [4.78, 5) is 35.9. The predicted molar refractivity (Wildman–Crippen MR) is 277 cm³/mol. The van der Waals surface area contributed by atoms with Crippen LogP contribution < -0.4 is 0 Å². The van der Waals surface area contributed by atoms with Gasteiger partial charge in [-0.15, -0.1) is 0 Å². The quantitative estimate of drug-likeness (QED) is 0.0145. The van der Waals surface area contributed by atoms with E-state index in [0.717, 1.165) is 44.9 Å². The Bertz CT molecular complexity index is 1340. The number of hydrogen-bond donors (Lipinski definition) is 6. The minimum Gasteiger partial charge on any atom is -0.462 e. The van der Waals surface area contributed by atoms with E-state index < -0.39 is 75.7 Å². The van der Waals surface area contributed by atoms with Gasteiger partial charge in [0.15, 0.2) is 6.10 Å². The Morgan fingerprint density at radius 1 is 0.449 bits per heavy atom. The highest BCUT2D eigenvalue weighted by Gasteiger charge is 2.51. The first kappa shape index (κ1) is 65.1. The second kappa shape index (κ2) is 44.7. The summed E-state index contributed by atoms with van der Waals surface area (Å²) in [5, 5.41) is 50.3. The summed E-state index contributed by atoms with van der Waals surface area (Å²) in [6, 6.07) is 0. The van der Waals surface area contributed by atoms with Gasteiger partial charge in [-0.2, -0.15) is 0 Å². The van der Waals surface area contributed by atoms with Gasteiger partial charge in [0, 0.05) is 12.8 Å². The van der Waals surface area contributed by atoms with Crippen molar-refractivity contribution in [3.8, 4) is 0 Å². The molecule has 1 rings (SSSR count). The molecule has 0 heterocycles. The fraction of sp³-hybridized carbons (Fsp3) is 0.855. The lowest BCUT2D eigenvalue weighted by Gasteiger charge is -2.41. The molecule has 0 aromatic rings. The number of aliphatic hydroxyl groups excluding tert-OH is 5. The number of phosphoric acid groups is 1. The topological polar surface area (TPSA) is 210 Å². The molecule has 6 unspecified atom stereocenters. The Hall–Kier alpha value is -1.93. The first-order valence-electron chi connectivity index (χ1n) is 27.8. The molecule has 0 saturated heterocycles. The van der Waals surface area contributed by atoms with Crippen LogP contribution in [0.3, 0.4) is 0 Å². The lowest BCUT2D eigenvalue weighted by molar-refractivity contribution is -0.220. The summed E-state index contributed by atoms with van der Waals surface area (Å²) in [6.45, 7) is 3.30. The average Bonchev–Trinajstić information content (AvgIpc) is 3.33. The molecule has 0 aliphatic heterocycles. The van der Waals surface area contributed by atoms with Crippen LogP contribution in [0.1, 0.15) is 245 Å². The predicted octanol–water partition coefficient (Wildman–Crippen LogP) is 12.5. The highest BCUT2D eigenvalue weighted by Crippen LogP contribution is 2.47. The van der Waals surface area contributed by atoms with Gasteiger partial charge in [-0.05, 0) is 44.9 Å². The maximum absolute atomic E-state index is 12.9. The van der Waals surface area contributed by atoms with E-state index in [0.29, 0.717) is 19.3 Å². The average molecular weight is 1000 g/mol. The lowest BCUT2D eigenvalue weighted by Crippen LogP contribution is -2.64. The first-order valence-corrected chi connectivity index (χ1v) is 29.3. The van der Waals surface area contributed by atoms with Crippen LogP contribution in [0, 0.1) is 0 Å². The molecule has 0 radical (unpaired) electrons. The summed E-state index contributed by atoms with van der Waals surface area (Å²) in [5.74, 6) is -1.15. The summed E-state index contributed by atoms with van der Waals surface area (Å²) < 4.78 is 33.6. The monoisotopic (exact) mass is 1000 g/mol. The molecule has 1 aliphatic rings. The molecule has 1 fully saturated rings. The first-order chi connectivity index (χ1) is 33.4. The van der Waals surface area contributed by atoms with Gasteiger partial charge in [0.1, 0.15) is 43.2 Å². The van der Waals surface area contributed by atoms with E-state index in [1.54, 1.807) is 0 Å². The molecule has 404 valence electrons. The fourth-order valence-corrected chi connectivity index (χ4v) is 9.51. The van der Waals surface area contributed by atoms with Gasteiger partial charge < -0.3 is 39.9 Å². The van der Waals surface area contributed by atoms with Crippen LogP contribution in [0.15, 0.2) is 36.5 Å². The highest BCUT2D eigenvalue weighted by molar-refractivity contribution is 7.47. The molecule has 0 aromatic heterocycles. The third-order valence-corrected chi connectivity index (χ3v) is 14.0. The molecule has 6 N–H and O–H groups in total. The van der Waals surface area contributed by atoms with E-state index in [-0.39, 0.29) is 12.8 Å². The number of rotatable bonds is 47. The second-order valence-electron chi connectivity index (χ2n) is 19.4. The summed E-state index contributed by atoms with van der Waals surface area (Å²) in [6.07, 6.45) is 40.6. The Labute approximate surface area is 418 Å². The van der Waals surface area contributed by atoms with Gasteiger partial charge in [0.2, 0.25) is 0 Å². The molecule has 1 saturated carbocycles. The maximum atomic E-state index is 12.9. The van der Waals surface area contributed by atoms with Crippen molar-refractivity contribution in [2.45, 2.75) is 288 Å². The Morgan fingerprint density at radius 2 is 0.797 bits per heavy atom. The smallest absolute Gasteiger partial charge is 0.462 e. The van der Waals surface area contributed by atoms with E-state index in [9.17, 15) is 44.6 Å². The van der Waals surface area contributed by atoms with Crippen molar-refractivity contribution in [1.29, 1.82) is 0 Å². The number of ether oxygens (including phenoxy) is 2. The van der Waals surface area contributed by atoms with Crippen molar-refractivity contribution in [3.63, 3.8) is 0 Å². The number of carbonyl (C=O) groups is 2. The fourth-order valence-electron chi connectivity index (χ4n) is 8.54. The molecular formula is C55H101O13P. The molecule has 0 spiro atoms. The molecule has 13 nitrogen and oxygen atoms in total. The van der Waals surface area contributed by atoms with Crippen molar-refractivity contribution in [2.24, 2.45) is 0 Å². The van der Waals surface area contributed by atoms with Crippen LogP contribution in [0.5, 0.6) is 0 Å². The maximum Gasteiger partial charge on any atom is 0.472 e. The number of aliphatic hydroxyl groups is 5. The number of phosphoric ester groups is 1. The van der Waals surface area contributed by atoms with Crippen LogP contribution >= 0.6 is 7.82 Å². The van der Waals surface area contributed by atoms with E-state index in [2.05, 4.69) is 38.2 Å². The molecule has 69 heavy (non-hydrogen) atoms.